The van der Waals surface area contributed by atoms with E-state index in [1.54, 1.807) is 14.2 Å². The molecule has 14 heteroatoms. The topological polar surface area (TPSA) is 117 Å². The van der Waals surface area contributed by atoms with E-state index in [0.717, 1.165) is 248 Å². The maximum atomic E-state index is 7.65. The molecule has 8 bridgehead atoms. The van der Waals surface area contributed by atoms with Crippen LogP contribution in [-0.4, -0.2) is 41.4 Å². The Kier molecular flexibility index (Phi) is 21.6. The first-order chi connectivity index (χ1) is 51.3. The van der Waals surface area contributed by atoms with Gasteiger partial charge in [-0.25, -0.2) is 0 Å². The van der Waals surface area contributed by atoms with Gasteiger partial charge in [0.2, 0.25) is 27.2 Å². The monoisotopic (exact) mass is 1430 g/mol. The summed E-state index contributed by atoms with van der Waals surface area (Å²) in [6.45, 7) is 8.73. The average molecular weight is 1430 g/mol. The summed E-state index contributed by atoms with van der Waals surface area (Å²) >= 11 is 0. The van der Waals surface area contributed by atoms with Gasteiger partial charge in [-0.1, -0.05) is 226 Å². The molecule has 10 aromatic rings. The number of methoxy groups -OCH3 is 2. The Morgan fingerprint density at radius 3 is 0.788 bits per heavy atom. The lowest BCUT2D eigenvalue weighted by Crippen LogP contribution is -2.33. The van der Waals surface area contributed by atoms with E-state index in [9.17, 15) is 0 Å². The Labute approximate surface area is 614 Å². The van der Waals surface area contributed by atoms with Gasteiger partial charge in [0.15, 0.2) is 0 Å². The van der Waals surface area contributed by atoms with Crippen LogP contribution < -0.4 is 79.2 Å². The van der Waals surface area contributed by atoms with Gasteiger partial charge in [-0.15, -0.1) is 0 Å². The molecule has 536 valence electrons. The maximum Gasteiger partial charge on any atom is 0.230 e. The molecule has 104 heavy (non-hydrogen) atoms. The summed E-state index contributed by atoms with van der Waals surface area (Å²) in [5, 5.41) is 5.98. The highest BCUT2D eigenvalue weighted by Crippen LogP contribution is 2.63. The summed E-state index contributed by atoms with van der Waals surface area (Å²) in [6, 6.07) is 74.2. The fraction of sp³-hybridized carbons (Fsp3) is 0.333. The van der Waals surface area contributed by atoms with Gasteiger partial charge in [-0.05, 0) is 98.5 Å². The highest BCUT2D eigenvalue weighted by molar-refractivity contribution is 7.88. The molecule has 12 nitrogen and oxygen atoms in total. The zero-order valence-corrected chi connectivity index (χ0v) is 62.7. The third kappa shape index (κ3) is 13.4. The SMILES string of the molecule is CCCCCC1c2cc3c4cc2OCOc2c1cc1c(c2P(=Nc2ccc(OC)cc2)(c2ccccc2)c2ccccc2)OCOc2cc5c(cc2C1CCCCC)C(CCCCC)c1cc(c(c(P(=Nc2ccc(OC)cc2)(c2ccccc2)c2ccccc2)c1OCO5)OCO4)C3CCCCC. The molecule has 4 aliphatic heterocycles. The zero-order chi connectivity index (χ0) is 71.0. The van der Waals surface area contributed by atoms with E-state index in [-0.39, 0.29) is 50.8 Å². The van der Waals surface area contributed by atoms with E-state index in [4.69, 9.17) is 56.9 Å². The van der Waals surface area contributed by atoms with Crippen molar-refractivity contribution in [1.29, 1.82) is 0 Å². The molecule has 1 aliphatic carbocycles. The van der Waals surface area contributed by atoms with Crippen molar-refractivity contribution in [3.63, 3.8) is 0 Å². The minimum Gasteiger partial charge on any atom is -0.497 e. The van der Waals surface area contributed by atoms with Crippen LogP contribution in [0.3, 0.4) is 0 Å². The summed E-state index contributed by atoms with van der Waals surface area (Å²) in [4.78, 5) is 0. The lowest BCUT2D eigenvalue weighted by atomic mass is 9.76. The zero-order valence-electron chi connectivity index (χ0n) is 61.0. The summed E-state index contributed by atoms with van der Waals surface area (Å²) < 4.78 is 84.0. The second-order valence-corrected chi connectivity index (χ2v) is 33.9. The Hall–Kier alpha value is -9.34. The van der Waals surface area contributed by atoms with Crippen molar-refractivity contribution in [3.8, 4) is 57.5 Å². The van der Waals surface area contributed by atoms with Crippen LogP contribution in [0.4, 0.5) is 11.4 Å². The van der Waals surface area contributed by atoms with E-state index in [0.29, 0.717) is 0 Å². The molecule has 0 aromatic heterocycles. The van der Waals surface area contributed by atoms with Gasteiger partial charge in [0.25, 0.3) is 0 Å². The van der Waals surface area contributed by atoms with Crippen LogP contribution in [0.15, 0.2) is 216 Å². The Bertz CT molecular complexity index is 4230. The molecule has 4 unspecified atom stereocenters. The van der Waals surface area contributed by atoms with Crippen molar-refractivity contribution in [3.05, 3.63) is 251 Å². The Morgan fingerprint density at radius 2 is 0.548 bits per heavy atom. The van der Waals surface area contributed by atoms with Gasteiger partial charge < -0.3 is 47.4 Å². The lowest BCUT2D eigenvalue weighted by Gasteiger charge is -2.39. The van der Waals surface area contributed by atoms with E-state index >= 15 is 0 Å². The van der Waals surface area contributed by atoms with Crippen molar-refractivity contribution in [2.24, 2.45) is 9.49 Å². The molecule has 0 spiro atoms. The van der Waals surface area contributed by atoms with Gasteiger partial charge in [0.1, 0.15) is 57.5 Å². The standard InChI is InChI=1S/C90H96N2O10P2/c1-7-11-19-39-69-73-51-74-70(40-20-12-8-2)79-54-80-72(42-22-14-10-4)76-52-75-71(41-21-13-9-3)78-53-77(69)85-89(103(65-31-23-15-24-32-65,66-33-25-16-26-34-66)91-61-43-47-63(93-5)48-44-61)86(78)100-59-97-83(75)56-84(76)98-60-102-88(80)90(87(79)101-58-96-82(74)55-81(73)95-57-99-85)104(67-35-27-17-28-36-67,68-37-29-18-30-38-68)92-62-45-49-64(94-6)50-46-62/h15-18,23-38,43-56,69-72H,7-14,19-22,39-42,57-60H2,1-6H3. The molecule has 10 aromatic carbocycles. The average Bonchev–Trinajstić information content (AvgIpc) is 0.710. The normalized spacial score (nSPS) is 16.7. The number of hydrogen-bond acceptors (Lipinski definition) is 12. The smallest absolute Gasteiger partial charge is 0.230 e. The molecule has 4 heterocycles. The fourth-order valence-corrected chi connectivity index (χ4v) is 24.3. The van der Waals surface area contributed by atoms with Crippen LogP contribution in [-0.2, 0) is 0 Å². The van der Waals surface area contributed by atoms with E-state index in [1.165, 1.54) is 0 Å². The van der Waals surface area contributed by atoms with Gasteiger partial charge in [-0.2, -0.15) is 0 Å². The highest BCUT2D eigenvalue weighted by Gasteiger charge is 2.46. The van der Waals surface area contributed by atoms with Crippen molar-refractivity contribution in [2.75, 3.05) is 41.4 Å². The van der Waals surface area contributed by atoms with E-state index < -0.39 is 14.1 Å². The minimum atomic E-state index is -3.35. The number of nitrogens with zero attached hydrogens (tertiary/aromatic N) is 2. The quantitative estimate of drug-likeness (QED) is 0.0383. The van der Waals surface area contributed by atoms with Gasteiger partial charge in [-0.3, -0.25) is 9.49 Å². The highest BCUT2D eigenvalue weighted by atomic mass is 31.2. The molecule has 0 fully saturated rings. The molecule has 0 amide bonds. The first kappa shape index (κ1) is 70.3. The maximum absolute atomic E-state index is 7.65. The summed E-state index contributed by atoms with van der Waals surface area (Å²) in [7, 11) is -3.29. The lowest BCUT2D eigenvalue weighted by molar-refractivity contribution is 0.101. The minimum absolute atomic E-state index is 0.111. The molecule has 0 saturated carbocycles. The second-order valence-electron chi connectivity index (χ2n) is 28.0. The number of benzene rings is 10. The molecule has 5 aliphatic rings. The first-order valence-corrected chi connectivity index (χ1v) is 41.4. The third-order valence-corrected chi connectivity index (χ3v) is 29.1. The molecule has 0 saturated heterocycles. The van der Waals surface area contributed by atoms with Crippen LogP contribution in [0.1, 0.15) is 199 Å². The van der Waals surface area contributed by atoms with Gasteiger partial charge in [0.05, 0.1) is 50.3 Å². The molecular weight excluding hydrogens is 1330 g/mol. The number of rotatable bonds is 26. The van der Waals surface area contributed by atoms with Crippen LogP contribution in [0.2, 0.25) is 0 Å². The van der Waals surface area contributed by atoms with Crippen LogP contribution in [0.25, 0.3) is 0 Å². The third-order valence-electron chi connectivity index (χ3n) is 21.7. The van der Waals surface area contributed by atoms with Crippen LogP contribution >= 0.6 is 14.1 Å². The molecular formula is C90H96N2O10P2. The molecule has 0 N–H and O–H groups in total. The molecule has 0 radical (unpaired) electrons. The van der Waals surface area contributed by atoms with E-state index in [1.807, 2.05) is 24.3 Å². The van der Waals surface area contributed by atoms with Crippen LogP contribution in [0.5, 0.6) is 57.5 Å². The van der Waals surface area contributed by atoms with Crippen molar-refractivity contribution < 1.29 is 47.4 Å². The Morgan fingerprint density at radius 1 is 0.298 bits per heavy atom. The fourth-order valence-electron chi connectivity index (χ4n) is 16.6. The molecule has 15 rings (SSSR count). The summed E-state index contributed by atoms with van der Waals surface area (Å²) in [5.41, 5.74) is 10.3. The predicted octanol–water partition coefficient (Wildman–Crippen LogP) is 21.4. The van der Waals surface area contributed by atoms with Gasteiger partial charge in [0, 0.05) is 102 Å². The predicted molar refractivity (Wildman–Crippen MR) is 422 cm³/mol. The summed E-state index contributed by atoms with van der Waals surface area (Å²) in [6.07, 6.45) is 15.2. The Balaban J connectivity index is 1.15. The largest absolute Gasteiger partial charge is 0.497 e. The first-order valence-electron chi connectivity index (χ1n) is 37.9. The van der Waals surface area contributed by atoms with Gasteiger partial charge >= 0.3 is 0 Å². The van der Waals surface area contributed by atoms with Crippen molar-refractivity contribution in [2.45, 2.75) is 154 Å². The van der Waals surface area contributed by atoms with Crippen molar-refractivity contribution in [1.82, 2.24) is 0 Å². The molecule has 4 atom stereocenters. The number of unbranched alkanes of at least 4 members (excludes halogenated alkanes) is 8. The summed E-state index contributed by atoms with van der Waals surface area (Å²) in [5.74, 6) is 6.20. The van der Waals surface area contributed by atoms with Crippen LogP contribution in [0, 0.1) is 0 Å². The number of hydrogen-bond donors (Lipinski definition) is 0. The van der Waals surface area contributed by atoms with E-state index in [2.05, 4.69) is 210 Å². The van der Waals surface area contributed by atoms with Crippen molar-refractivity contribution >= 4 is 57.3 Å². The number of ether oxygens (including phenoxy) is 10. The second kappa shape index (κ2) is 31.9.